The van der Waals surface area contributed by atoms with Crippen LogP contribution in [0.2, 0.25) is 0 Å². The first-order chi connectivity index (χ1) is 8.21. The molecule has 0 saturated carbocycles. The van der Waals surface area contributed by atoms with E-state index in [0.29, 0.717) is 0 Å². The van der Waals surface area contributed by atoms with Crippen molar-refractivity contribution in [2.24, 2.45) is 5.92 Å². The van der Waals surface area contributed by atoms with Gasteiger partial charge in [-0.15, -0.1) is 0 Å². The number of alkyl halides is 2. The zero-order chi connectivity index (χ0) is 13.9. The van der Waals surface area contributed by atoms with Crippen LogP contribution in [-0.4, -0.2) is 33.5 Å². The van der Waals surface area contributed by atoms with Crippen LogP contribution in [0.1, 0.15) is 24.2 Å². The average molecular weight is 261 g/mol. The van der Waals surface area contributed by atoms with E-state index in [2.05, 4.69) is 15.3 Å². The molecule has 1 atom stereocenters. The largest absolute Gasteiger partial charge is 0.478 e. The van der Waals surface area contributed by atoms with Crippen LogP contribution in [0.25, 0.3) is 0 Å². The second-order valence-corrected chi connectivity index (χ2v) is 4.02. The fraction of sp³-hybridized carbons (Fsp3) is 0.500. The standard InChI is InChI=1S/C10H13F2N3O3/c1-5(10(2,11)12)3-13-7-6(8(16)17)4-14-9(18)15-7/h4-5H,3H2,1-2H3,(H,16,17)(H2,13,14,15,18). The van der Waals surface area contributed by atoms with Crippen molar-refractivity contribution in [1.82, 2.24) is 9.97 Å². The van der Waals surface area contributed by atoms with Crippen LogP contribution in [0.4, 0.5) is 14.6 Å². The molecule has 1 heterocycles. The smallest absolute Gasteiger partial charge is 0.346 e. The normalized spacial score (nSPS) is 13.1. The molecule has 0 fully saturated rings. The van der Waals surface area contributed by atoms with Crippen LogP contribution in [-0.2, 0) is 0 Å². The number of halogens is 2. The third-order valence-corrected chi connectivity index (χ3v) is 2.49. The van der Waals surface area contributed by atoms with Gasteiger partial charge in [-0.1, -0.05) is 6.92 Å². The zero-order valence-corrected chi connectivity index (χ0v) is 9.83. The lowest BCUT2D eigenvalue weighted by atomic mass is 10.1. The lowest BCUT2D eigenvalue weighted by Gasteiger charge is -2.20. The van der Waals surface area contributed by atoms with Crippen molar-refractivity contribution in [3.05, 3.63) is 22.2 Å². The van der Waals surface area contributed by atoms with Gasteiger partial charge in [0.05, 0.1) is 6.20 Å². The molecule has 1 unspecified atom stereocenters. The van der Waals surface area contributed by atoms with Gasteiger partial charge >= 0.3 is 11.7 Å². The Kier molecular flexibility index (Phi) is 4.00. The molecular formula is C10H13F2N3O3. The molecule has 0 saturated heterocycles. The molecular weight excluding hydrogens is 248 g/mol. The van der Waals surface area contributed by atoms with Gasteiger partial charge in [0.2, 0.25) is 5.92 Å². The van der Waals surface area contributed by atoms with Gasteiger partial charge in [-0.3, -0.25) is 4.98 Å². The minimum absolute atomic E-state index is 0.126. The maximum absolute atomic E-state index is 12.9. The van der Waals surface area contributed by atoms with Gasteiger partial charge in [0.15, 0.2) is 0 Å². The second-order valence-electron chi connectivity index (χ2n) is 4.02. The number of hydrogen-bond acceptors (Lipinski definition) is 4. The molecule has 0 amide bonds. The van der Waals surface area contributed by atoms with Crippen molar-refractivity contribution >= 4 is 11.8 Å². The zero-order valence-electron chi connectivity index (χ0n) is 9.83. The summed E-state index contributed by atoms with van der Waals surface area (Å²) in [6.45, 7) is 1.91. The van der Waals surface area contributed by atoms with Crippen molar-refractivity contribution in [2.45, 2.75) is 19.8 Å². The van der Waals surface area contributed by atoms with Gasteiger partial charge < -0.3 is 10.4 Å². The first kappa shape index (κ1) is 14.1. The Balaban J connectivity index is 2.87. The van der Waals surface area contributed by atoms with Crippen LogP contribution in [0.3, 0.4) is 0 Å². The topological polar surface area (TPSA) is 95.1 Å². The monoisotopic (exact) mass is 261 g/mol. The highest BCUT2D eigenvalue weighted by Crippen LogP contribution is 2.23. The number of hydrogen-bond donors (Lipinski definition) is 3. The van der Waals surface area contributed by atoms with Crippen molar-refractivity contribution in [1.29, 1.82) is 0 Å². The van der Waals surface area contributed by atoms with E-state index in [1.54, 1.807) is 0 Å². The van der Waals surface area contributed by atoms with E-state index >= 15 is 0 Å². The number of carboxylic acids is 1. The molecule has 8 heteroatoms. The Morgan fingerprint density at radius 1 is 1.67 bits per heavy atom. The number of rotatable bonds is 5. The van der Waals surface area contributed by atoms with Gasteiger partial charge in [-0.05, 0) is 6.92 Å². The lowest BCUT2D eigenvalue weighted by Crippen LogP contribution is -2.29. The van der Waals surface area contributed by atoms with E-state index in [-0.39, 0.29) is 17.9 Å². The van der Waals surface area contributed by atoms with E-state index in [4.69, 9.17) is 5.11 Å². The van der Waals surface area contributed by atoms with E-state index in [1.807, 2.05) is 0 Å². The third kappa shape index (κ3) is 3.51. The fourth-order valence-corrected chi connectivity index (χ4v) is 1.13. The molecule has 3 N–H and O–H groups in total. The summed E-state index contributed by atoms with van der Waals surface area (Å²) in [6, 6.07) is 0. The number of aromatic nitrogens is 2. The number of nitrogens with zero attached hydrogens (tertiary/aromatic N) is 1. The summed E-state index contributed by atoms with van der Waals surface area (Å²) in [6.07, 6.45) is 0.873. The van der Waals surface area contributed by atoms with Gasteiger partial charge in [0.25, 0.3) is 0 Å². The quantitative estimate of drug-likeness (QED) is 0.739. The highest BCUT2D eigenvalue weighted by Gasteiger charge is 2.30. The first-order valence-electron chi connectivity index (χ1n) is 5.16. The van der Waals surface area contributed by atoms with E-state index < -0.39 is 23.5 Å². The maximum atomic E-state index is 12.9. The highest BCUT2D eigenvalue weighted by molar-refractivity contribution is 5.92. The number of aromatic carboxylic acids is 1. The van der Waals surface area contributed by atoms with Crippen LogP contribution < -0.4 is 11.0 Å². The summed E-state index contributed by atoms with van der Waals surface area (Å²) in [5, 5.41) is 11.3. The molecule has 18 heavy (non-hydrogen) atoms. The Morgan fingerprint density at radius 2 is 2.28 bits per heavy atom. The summed E-state index contributed by atoms with van der Waals surface area (Å²) in [5.74, 6) is -5.35. The maximum Gasteiger partial charge on any atom is 0.346 e. The molecule has 100 valence electrons. The Morgan fingerprint density at radius 3 is 2.78 bits per heavy atom. The average Bonchev–Trinajstić information content (AvgIpc) is 2.24. The molecule has 1 aromatic heterocycles. The minimum atomic E-state index is -2.90. The van der Waals surface area contributed by atoms with E-state index in [9.17, 15) is 18.4 Å². The molecule has 0 aliphatic rings. The number of H-pyrrole nitrogens is 1. The predicted octanol–water partition coefficient (Wildman–Crippen LogP) is 1.17. The summed E-state index contributed by atoms with van der Waals surface area (Å²) in [4.78, 5) is 27.2. The Hall–Kier alpha value is -1.99. The van der Waals surface area contributed by atoms with Gasteiger partial charge in [-0.2, -0.15) is 0 Å². The number of aromatic amines is 1. The molecule has 0 aliphatic heterocycles. The fourth-order valence-electron chi connectivity index (χ4n) is 1.13. The van der Waals surface area contributed by atoms with Crippen LogP contribution in [0.5, 0.6) is 0 Å². The molecule has 0 spiro atoms. The third-order valence-electron chi connectivity index (χ3n) is 2.49. The van der Waals surface area contributed by atoms with Crippen molar-refractivity contribution in [3.63, 3.8) is 0 Å². The first-order valence-corrected chi connectivity index (χ1v) is 5.16. The number of anilines is 1. The molecule has 0 aromatic carbocycles. The van der Waals surface area contributed by atoms with Crippen molar-refractivity contribution in [2.75, 3.05) is 11.9 Å². The number of nitrogens with one attached hydrogen (secondary N) is 2. The minimum Gasteiger partial charge on any atom is -0.478 e. The van der Waals surface area contributed by atoms with Gasteiger partial charge in [0, 0.05) is 12.5 Å². The highest BCUT2D eigenvalue weighted by atomic mass is 19.3. The Bertz CT molecular complexity index is 496. The summed E-state index contributed by atoms with van der Waals surface area (Å²) in [7, 11) is 0. The van der Waals surface area contributed by atoms with Crippen LogP contribution >= 0.6 is 0 Å². The van der Waals surface area contributed by atoms with E-state index in [1.165, 1.54) is 6.92 Å². The molecule has 0 radical (unpaired) electrons. The molecule has 0 aliphatic carbocycles. The van der Waals surface area contributed by atoms with Gasteiger partial charge in [-0.25, -0.2) is 23.4 Å². The predicted molar refractivity (Wildman–Crippen MR) is 60.1 cm³/mol. The lowest BCUT2D eigenvalue weighted by molar-refractivity contribution is -0.0271. The summed E-state index contributed by atoms with van der Waals surface area (Å²) in [5.41, 5.74) is -1.03. The second kappa shape index (κ2) is 5.11. The van der Waals surface area contributed by atoms with Crippen molar-refractivity contribution in [3.8, 4) is 0 Å². The molecule has 0 bridgehead atoms. The Labute approximate surface area is 101 Å². The summed E-state index contributed by atoms with van der Waals surface area (Å²) >= 11 is 0. The molecule has 1 rings (SSSR count). The van der Waals surface area contributed by atoms with Crippen LogP contribution in [0, 0.1) is 5.92 Å². The number of carbonyl (C=O) groups is 1. The molecule has 6 nitrogen and oxygen atoms in total. The number of carboxylic acid groups (broad SMARTS) is 1. The molecule has 1 aromatic rings. The van der Waals surface area contributed by atoms with Crippen LogP contribution in [0.15, 0.2) is 11.0 Å². The van der Waals surface area contributed by atoms with E-state index in [0.717, 1.165) is 13.1 Å². The SMILES string of the molecule is CC(CNc1[nH]c(=O)ncc1C(=O)O)C(C)(F)F. The van der Waals surface area contributed by atoms with Gasteiger partial charge in [0.1, 0.15) is 11.4 Å². The van der Waals surface area contributed by atoms with Crippen molar-refractivity contribution < 1.29 is 18.7 Å². The summed E-state index contributed by atoms with van der Waals surface area (Å²) < 4.78 is 25.8.